The van der Waals surface area contributed by atoms with Gasteiger partial charge in [0, 0.05) is 49.4 Å². The number of carboxylic acids is 1. The van der Waals surface area contributed by atoms with Crippen molar-refractivity contribution in [2.45, 2.75) is 32.2 Å². The minimum atomic E-state index is -5.08. The molecular weight excluding hydrogens is 601 g/mol. The second-order valence-electron chi connectivity index (χ2n) is 10.3. The summed E-state index contributed by atoms with van der Waals surface area (Å²) in [6, 6.07) is 12.4. The SMILES string of the molecule is COCCOC1CC(CO)CN(c2nc(NCc3ccc4scc(C)c4c3)nc3ccc(OC)cc23)C1.O=C(O)C(F)(F)F. The number of thiophene rings is 1. The van der Waals surface area contributed by atoms with Crippen molar-refractivity contribution in [1.82, 2.24) is 9.97 Å². The fourth-order valence-electron chi connectivity index (χ4n) is 4.91. The largest absolute Gasteiger partial charge is 0.497 e. The molecule has 0 saturated carbocycles. The van der Waals surface area contributed by atoms with Gasteiger partial charge in [-0.1, -0.05) is 6.07 Å². The number of anilines is 2. The number of carbonyl (C=O) groups is 1. The number of halogens is 3. The van der Waals surface area contributed by atoms with Crippen molar-refractivity contribution in [1.29, 1.82) is 0 Å². The summed E-state index contributed by atoms with van der Waals surface area (Å²) >= 11 is 1.77. The van der Waals surface area contributed by atoms with Crippen molar-refractivity contribution in [2.75, 3.05) is 57.3 Å². The number of rotatable bonds is 10. The summed E-state index contributed by atoms with van der Waals surface area (Å²) in [5.74, 6) is -0.533. The predicted octanol–water partition coefficient (Wildman–Crippen LogP) is 5.26. The molecule has 5 rings (SSSR count). The van der Waals surface area contributed by atoms with Gasteiger partial charge >= 0.3 is 12.1 Å². The highest BCUT2D eigenvalue weighted by atomic mass is 32.1. The van der Waals surface area contributed by atoms with E-state index in [0.29, 0.717) is 38.8 Å². The molecule has 2 aromatic heterocycles. The van der Waals surface area contributed by atoms with E-state index in [-0.39, 0.29) is 18.6 Å². The molecule has 0 radical (unpaired) electrons. The zero-order valence-electron chi connectivity index (χ0n) is 24.6. The van der Waals surface area contributed by atoms with Crippen LogP contribution < -0.4 is 15.0 Å². The molecule has 0 amide bonds. The Morgan fingerprint density at radius 1 is 1.11 bits per heavy atom. The van der Waals surface area contributed by atoms with Crippen LogP contribution in [0.4, 0.5) is 24.9 Å². The van der Waals surface area contributed by atoms with Crippen molar-refractivity contribution >= 4 is 50.1 Å². The highest BCUT2D eigenvalue weighted by Gasteiger charge is 2.38. The number of nitrogens with one attached hydrogen (secondary N) is 1. The molecular formula is C30H35F3N4O6S. The molecule has 2 aromatic carbocycles. The van der Waals surface area contributed by atoms with Gasteiger partial charge in [0.1, 0.15) is 11.6 Å². The summed E-state index contributed by atoms with van der Waals surface area (Å²) in [7, 11) is 3.33. The fourth-order valence-corrected chi connectivity index (χ4v) is 5.83. The average molecular weight is 637 g/mol. The van der Waals surface area contributed by atoms with Crippen molar-refractivity contribution in [3.63, 3.8) is 0 Å². The maximum atomic E-state index is 10.6. The number of hydrogen-bond donors (Lipinski definition) is 3. The first-order valence-corrected chi connectivity index (χ1v) is 14.7. The van der Waals surface area contributed by atoms with Gasteiger partial charge in [0.25, 0.3) is 0 Å². The molecule has 1 saturated heterocycles. The third-order valence-corrected chi connectivity index (χ3v) is 8.19. The van der Waals surface area contributed by atoms with Crippen molar-refractivity contribution in [3.05, 3.63) is 52.9 Å². The molecule has 44 heavy (non-hydrogen) atoms. The lowest BCUT2D eigenvalue weighted by Crippen LogP contribution is -2.46. The highest BCUT2D eigenvalue weighted by molar-refractivity contribution is 7.17. The van der Waals surface area contributed by atoms with Crippen LogP contribution in [0.1, 0.15) is 17.5 Å². The lowest BCUT2D eigenvalue weighted by molar-refractivity contribution is -0.192. The van der Waals surface area contributed by atoms with Crippen LogP contribution in [0, 0.1) is 12.8 Å². The molecule has 10 nitrogen and oxygen atoms in total. The third kappa shape index (κ3) is 8.46. The first-order valence-electron chi connectivity index (χ1n) is 13.8. The van der Waals surface area contributed by atoms with Gasteiger partial charge in [0.2, 0.25) is 5.95 Å². The Bertz CT molecular complexity index is 1570. The smallest absolute Gasteiger partial charge is 0.490 e. The van der Waals surface area contributed by atoms with Crippen LogP contribution >= 0.6 is 11.3 Å². The molecule has 2 unspecified atom stereocenters. The van der Waals surface area contributed by atoms with E-state index in [0.717, 1.165) is 28.9 Å². The fraction of sp³-hybridized carbons (Fsp3) is 0.433. The minimum Gasteiger partial charge on any atom is -0.497 e. The Labute approximate surface area is 256 Å². The summed E-state index contributed by atoms with van der Waals surface area (Å²) in [6.07, 6.45) is -4.30. The Hall–Kier alpha value is -3.72. The topological polar surface area (TPSA) is 126 Å². The minimum absolute atomic E-state index is 0.0198. The summed E-state index contributed by atoms with van der Waals surface area (Å²) in [5, 5.41) is 25.0. The number of hydrogen-bond acceptors (Lipinski definition) is 10. The van der Waals surface area contributed by atoms with Crippen LogP contribution in [0.25, 0.3) is 21.0 Å². The molecule has 4 aromatic rings. The Morgan fingerprint density at radius 3 is 2.57 bits per heavy atom. The second kappa shape index (κ2) is 14.8. The molecule has 238 valence electrons. The third-order valence-electron chi connectivity index (χ3n) is 7.10. The number of fused-ring (bicyclic) bond motifs is 2. The zero-order chi connectivity index (χ0) is 31.9. The Morgan fingerprint density at radius 2 is 1.89 bits per heavy atom. The maximum absolute atomic E-state index is 10.6. The van der Waals surface area contributed by atoms with E-state index in [4.69, 9.17) is 34.1 Å². The van der Waals surface area contributed by atoms with E-state index in [1.807, 2.05) is 18.2 Å². The molecule has 0 aliphatic carbocycles. The van der Waals surface area contributed by atoms with E-state index in [9.17, 15) is 18.3 Å². The molecule has 14 heteroatoms. The van der Waals surface area contributed by atoms with Gasteiger partial charge in [0.15, 0.2) is 0 Å². The van der Waals surface area contributed by atoms with Crippen molar-refractivity contribution in [3.8, 4) is 5.75 Å². The van der Waals surface area contributed by atoms with Crippen LogP contribution in [0.2, 0.25) is 0 Å². The second-order valence-corrected chi connectivity index (χ2v) is 11.2. The molecule has 1 fully saturated rings. The molecule has 2 atom stereocenters. The number of aliphatic carboxylic acids is 1. The molecule has 1 aliphatic heterocycles. The first kappa shape index (κ1) is 33.2. The standard InChI is InChI=1S/C28H34N4O4S.C2HF3O2/c1-18-17-37-26-7-4-19(11-23(18)26)13-29-28-30-25-6-5-21(35-3)12-24(25)27(31-28)32-14-20(16-33)10-22(15-32)36-9-8-34-2;3-2(4,5)1(6)7/h4-7,11-12,17,20,22,33H,8-10,13-16H2,1-3H3,(H,29,30,31);(H,6,7). The molecule has 0 bridgehead atoms. The van der Waals surface area contributed by atoms with E-state index < -0.39 is 12.1 Å². The summed E-state index contributed by atoms with van der Waals surface area (Å²) in [4.78, 5) is 20.9. The highest BCUT2D eigenvalue weighted by Crippen LogP contribution is 2.33. The number of aromatic nitrogens is 2. The number of aryl methyl sites for hydroxylation is 1. The number of benzene rings is 2. The number of aliphatic hydroxyl groups is 1. The van der Waals surface area contributed by atoms with Gasteiger partial charge in [-0.3, -0.25) is 0 Å². The summed E-state index contributed by atoms with van der Waals surface area (Å²) in [5.41, 5.74) is 3.31. The number of methoxy groups -OCH3 is 2. The molecule has 1 aliphatic rings. The number of ether oxygens (including phenoxy) is 3. The predicted molar refractivity (Wildman–Crippen MR) is 163 cm³/mol. The lowest BCUT2D eigenvalue weighted by atomic mass is 9.96. The van der Waals surface area contributed by atoms with Crippen molar-refractivity contribution < 1.29 is 42.4 Å². The van der Waals surface area contributed by atoms with Gasteiger partial charge in [-0.2, -0.15) is 18.2 Å². The molecule has 3 heterocycles. The average Bonchev–Trinajstić information content (AvgIpc) is 3.38. The number of piperidine rings is 1. The van der Waals surface area contributed by atoms with E-state index >= 15 is 0 Å². The van der Waals surface area contributed by atoms with Gasteiger partial charge in [-0.15, -0.1) is 11.3 Å². The monoisotopic (exact) mass is 636 g/mol. The lowest BCUT2D eigenvalue weighted by Gasteiger charge is -2.38. The maximum Gasteiger partial charge on any atom is 0.490 e. The number of carboxylic acid groups (broad SMARTS) is 1. The van der Waals surface area contributed by atoms with Gasteiger partial charge in [-0.25, -0.2) is 9.78 Å². The first-order chi connectivity index (χ1) is 21.0. The molecule has 3 N–H and O–H groups in total. The van der Waals surface area contributed by atoms with Gasteiger partial charge in [-0.05, 0) is 65.6 Å². The van der Waals surface area contributed by atoms with Crippen molar-refractivity contribution in [2.24, 2.45) is 5.92 Å². The van der Waals surface area contributed by atoms with Crippen LogP contribution in [-0.4, -0.2) is 85.6 Å². The number of aliphatic hydroxyl groups excluding tert-OH is 1. The Balaban J connectivity index is 0.000000566. The Kier molecular flexibility index (Phi) is 11.2. The number of alkyl halides is 3. The molecule has 0 spiro atoms. The van der Waals surface area contributed by atoms with Crippen LogP contribution in [0.5, 0.6) is 5.75 Å². The normalized spacial score (nSPS) is 16.9. The van der Waals surface area contributed by atoms with Gasteiger partial charge < -0.3 is 34.6 Å². The van der Waals surface area contributed by atoms with E-state index in [1.54, 1.807) is 25.6 Å². The van der Waals surface area contributed by atoms with Crippen LogP contribution in [0.15, 0.2) is 41.8 Å². The number of nitrogens with zero attached hydrogens (tertiary/aromatic N) is 3. The van der Waals surface area contributed by atoms with Crippen LogP contribution in [-0.2, 0) is 20.8 Å². The zero-order valence-corrected chi connectivity index (χ0v) is 25.4. The quantitative estimate of drug-likeness (QED) is 0.199. The van der Waals surface area contributed by atoms with Gasteiger partial charge in [0.05, 0.1) is 31.9 Å². The van der Waals surface area contributed by atoms with Crippen LogP contribution in [0.3, 0.4) is 0 Å². The van der Waals surface area contributed by atoms with E-state index in [1.165, 1.54) is 21.2 Å². The van der Waals surface area contributed by atoms with E-state index in [2.05, 4.69) is 40.7 Å². The summed E-state index contributed by atoms with van der Waals surface area (Å²) < 4.78 is 49.8. The summed E-state index contributed by atoms with van der Waals surface area (Å²) in [6.45, 7) is 5.30.